The molecule has 2 amide bonds. The summed E-state index contributed by atoms with van der Waals surface area (Å²) in [6, 6.07) is 29.5. The number of carboxylic acids is 1. The number of nitrogens with zero attached hydrogens (tertiary/aromatic N) is 7. The summed E-state index contributed by atoms with van der Waals surface area (Å²) in [7, 11) is 1.96. The van der Waals surface area contributed by atoms with Gasteiger partial charge >= 0.3 is 5.97 Å². The smallest absolute Gasteiger partial charge is 0.355 e. The molecule has 73 heavy (non-hydrogen) atoms. The second-order valence-corrected chi connectivity index (χ2v) is 21.6. The molecule has 3 atom stereocenters. The molecule has 0 spiro atoms. The van der Waals surface area contributed by atoms with Crippen LogP contribution >= 0.6 is 11.3 Å². The third kappa shape index (κ3) is 9.99. The number of aromatic carboxylic acids is 1. The number of pyridine rings is 1. The molecule has 0 radical (unpaired) electrons. The summed E-state index contributed by atoms with van der Waals surface area (Å²) < 4.78 is 9.64. The quantitative estimate of drug-likeness (QED) is 0.0863. The molecule has 16 heteroatoms. The highest BCUT2D eigenvalue weighted by Crippen LogP contribution is 2.39. The number of thiazole rings is 1. The van der Waals surface area contributed by atoms with Gasteiger partial charge in [-0.15, -0.1) is 0 Å². The number of aryl methyl sites for hydroxylation is 1. The standard InChI is InChI=1S/C57H63N9O6S/c1-34(32-64-27-29-65(30-28-64)46-14-7-12-42-51(62-63(3)53(42)46)43-22-24-50(67)60-55(43)69)31-36-17-19-38(20-18-36)72-47-15-8-10-39(35(47)2)40-21-23-49(59-52(40)56(70)71)66-26-25-37-9-6-11-41(44(37)33-66)54(68)61-57-58-45-13-4-5-16-48(45)73-57/h4-16,21,23,34,36,38,43,50,67H,17-20,22,24-33H2,1-3H3,(H,60,69)(H,70,71)(H,58,61,68)/t34-,36-,38-,43?,50?/m1/s1. The Balaban J connectivity index is 0.680. The average molecular weight is 1000 g/mol. The van der Waals surface area contributed by atoms with Crippen LogP contribution in [0.5, 0.6) is 5.75 Å². The van der Waals surface area contributed by atoms with E-state index in [0.29, 0.717) is 66.3 Å². The lowest BCUT2D eigenvalue weighted by molar-refractivity contribution is -0.128. The lowest BCUT2D eigenvalue weighted by Gasteiger charge is -2.38. The molecular formula is C57H63N9O6S. The van der Waals surface area contributed by atoms with Gasteiger partial charge in [-0.1, -0.05) is 66.8 Å². The van der Waals surface area contributed by atoms with Gasteiger partial charge in [0.1, 0.15) is 17.8 Å². The number of aliphatic hydroxyl groups is 1. The number of aliphatic hydroxyl groups excluding tert-OH is 1. The Kier molecular flexibility index (Phi) is 13.6. The molecule has 3 fully saturated rings. The van der Waals surface area contributed by atoms with Crippen LogP contribution in [0, 0.1) is 18.8 Å². The summed E-state index contributed by atoms with van der Waals surface area (Å²) in [6.07, 6.45) is 6.48. The molecule has 7 aromatic rings. The molecular weight excluding hydrogens is 939 g/mol. The third-order valence-corrected chi connectivity index (χ3v) is 16.6. The molecule has 2 saturated heterocycles. The Morgan fingerprint density at radius 1 is 0.863 bits per heavy atom. The van der Waals surface area contributed by atoms with Gasteiger partial charge in [-0.25, -0.2) is 14.8 Å². The number of piperidine rings is 1. The number of benzene rings is 4. The number of carbonyl (C=O) groups is 3. The van der Waals surface area contributed by atoms with Gasteiger partial charge in [-0.05, 0) is 135 Å². The van der Waals surface area contributed by atoms with Crippen LogP contribution in [0.15, 0.2) is 91.0 Å². The van der Waals surface area contributed by atoms with Gasteiger partial charge in [0.15, 0.2) is 10.8 Å². The van der Waals surface area contributed by atoms with Gasteiger partial charge in [0.2, 0.25) is 5.91 Å². The first kappa shape index (κ1) is 48.4. The van der Waals surface area contributed by atoms with E-state index in [1.807, 2.05) is 85.4 Å². The van der Waals surface area contributed by atoms with E-state index < -0.39 is 12.2 Å². The minimum atomic E-state index is -1.10. The number of hydrogen-bond acceptors (Lipinski definition) is 12. The highest BCUT2D eigenvalue weighted by molar-refractivity contribution is 7.22. The van der Waals surface area contributed by atoms with Crippen LogP contribution in [-0.4, -0.2) is 104 Å². The molecule has 378 valence electrons. The molecule has 2 unspecified atom stereocenters. The van der Waals surface area contributed by atoms with Crippen LogP contribution in [0.3, 0.4) is 0 Å². The largest absolute Gasteiger partial charge is 0.490 e. The van der Waals surface area contributed by atoms with E-state index in [9.17, 15) is 24.6 Å². The minimum Gasteiger partial charge on any atom is -0.490 e. The summed E-state index contributed by atoms with van der Waals surface area (Å²) in [4.78, 5) is 55.9. The van der Waals surface area contributed by atoms with Gasteiger partial charge in [0.05, 0.1) is 39.1 Å². The van der Waals surface area contributed by atoms with Crippen LogP contribution in [0.2, 0.25) is 0 Å². The van der Waals surface area contributed by atoms with Crippen LogP contribution in [0.25, 0.3) is 32.2 Å². The fourth-order valence-corrected chi connectivity index (χ4v) is 12.8. The summed E-state index contributed by atoms with van der Waals surface area (Å²) >= 11 is 1.44. The van der Waals surface area contributed by atoms with Crippen molar-refractivity contribution in [2.75, 3.05) is 54.4 Å². The number of ether oxygens (including phenoxy) is 1. The molecule has 0 bridgehead atoms. The maximum atomic E-state index is 13.7. The lowest BCUT2D eigenvalue weighted by Crippen LogP contribution is -2.47. The molecule has 3 aliphatic heterocycles. The van der Waals surface area contributed by atoms with Gasteiger partial charge < -0.3 is 30.1 Å². The lowest BCUT2D eigenvalue weighted by atomic mass is 9.82. The predicted octanol–water partition coefficient (Wildman–Crippen LogP) is 9.16. The number of fused-ring (bicyclic) bond motifs is 3. The molecule has 1 saturated carbocycles. The normalized spacial score (nSPS) is 21.0. The van der Waals surface area contributed by atoms with Crippen molar-refractivity contribution in [2.45, 2.75) is 90.0 Å². The van der Waals surface area contributed by atoms with Crippen molar-refractivity contribution in [1.29, 1.82) is 0 Å². The molecule has 4 aromatic carbocycles. The summed E-state index contributed by atoms with van der Waals surface area (Å²) in [5.74, 6) is 0.696. The Labute approximate surface area is 429 Å². The van der Waals surface area contributed by atoms with Crippen LogP contribution in [0.4, 0.5) is 16.6 Å². The summed E-state index contributed by atoms with van der Waals surface area (Å²) in [5.41, 5.74) is 8.59. The number of para-hydroxylation sites is 2. The second kappa shape index (κ2) is 20.6. The van der Waals surface area contributed by atoms with Crippen molar-refractivity contribution in [3.63, 3.8) is 0 Å². The van der Waals surface area contributed by atoms with E-state index in [0.717, 1.165) is 119 Å². The molecule has 4 N–H and O–H groups in total. The first-order valence-corrected chi connectivity index (χ1v) is 26.7. The third-order valence-electron chi connectivity index (χ3n) is 15.7. The van der Waals surface area contributed by atoms with E-state index in [1.165, 1.54) is 17.8 Å². The Bertz CT molecular complexity index is 3180. The van der Waals surface area contributed by atoms with Crippen LogP contribution in [0.1, 0.15) is 101 Å². The van der Waals surface area contributed by atoms with Gasteiger partial charge in [0.25, 0.3) is 5.91 Å². The molecule has 6 heterocycles. The summed E-state index contributed by atoms with van der Waals surface area (Å²) in [6.45, 7) is 10.4. The molecule has 4 aliphatic rings. The Morgan fingerprint density at radius 2 is 1.66 bits per heavy atom. The second-order valence-electron chi connectivity index (χ2n) is 20.6. The van der Waals surface area contributed by atoms with Gasteiger partial charge in [-0.2, -0.15) is 5.10 Å². The SMILES string of the molecule is Cc1c(O[C@H]2CC[C@H](C[C@@H](C)CN3CCN(c4cccc5c(C6CCC(O)NC6=O)nn(C)c45)CC3)CC2)cccc1-c1ccc(N2CCc3cccc(C(=O)Nc4nc5ccccc5s4)c3C2)nc1C(=O)O. The van der Waals surface area contributed by atoms with Crippen molar-refractivity contribution < 1.29 is 29.3 Å². The van der Waals surface area contributed by atoms with Crippen molar-refractivity contribution >= 4 is 66.9 Å². The maximum Gasteiger partial charge on any atom is 0.355 e. The number of rotatable bonds is 13. The molecule has 1 aliphatic carbocycles. The van der Waals surface area contributed by atoms with Crippen LogP contribution < -0.4 is 25.2 Å². The van der Waals surface area contributed by atoms with Crippen molar-refractivity contribution in [3.05, 3.63) is 125 Å². The number of piperazine rings is 1. The number of aromatic nitrogens is 4. The van der Waals surface area contributed by atoms with Crippen LogP contribution in [-0.2, 0) is 24.8 Å². The number of carbonyl (C=O) groups excluding carboxylic acids is 2. The van der Waals surface area contributed by atoms with E-state index >= 15 is 0 Å². The highest BCUT2D eigenvalue weighted by atomic mass is 32.1. The van der Waals surface area contributed by atoms with E-state index in [-0.39, 0.29) is 29.5 Å². The Morgan fingerprint density at radius 3 is 2.45 bits per heavy atom. The first-order chi connectivity index (χ1) is 35.4. The Hall–Kier alpha value is -6.88. The van der Waals surface area contributed by atoms with Crippen molar-refractivity contribution in [3.8, 4) is 16.9 Å². The minimum absolute atomic E-state index is 0.0199. The molecule has 11 rings (SSSR count). The number of carboxylic acid groups (broad SMARTS) is 1. The van der Waals surface area contributed by atoms with Crippen molar-refractivity contribution in [2.24, 2.45) is 18.9 Å². The monoisotopic (exact) mass is 1000 g/mol. The van der Waals surface area contributed by atoms with Gasteiger partial charge in [0, 0.05) is 69.4 Å². The zero-order valence-corrected chi connectivity index (χ0v) is 42.5. The van der Waals surface area contributed by atoms with Gasteiger partial charge in [-0.3, -0.25) is 24.5 Å². The number of amides is 2. The number of hydrogen-bond donors (Lipinski definition) is 4. The maximum absolute atomic E-state index is 13.7. The molecule has 3 aromatic heterocycles. The zero-order valence-electron chi connectivity index (χ0n) is 41.7. The topological polar surface area (TPSA) is 178 Å². The number of anilines is 3. The highest BCUT2D eigenvalue weighted by Gasteiger charge is 2.34. The average Bonchev–Trinajstić information content (AvgIpc) is 3.97. The predicted molar refractivity (Wildman–Crippen MR) is 286 cm³/mol. The van der Waals surface area contributed by atoms with E-state index in [2.05, 4.69) is 61.5 Å². The van der Waals surface area contributed by atoms with Crippen molar-refractivity contribution in [1.82, 2.24) is 30.0 Å². The number of nitrogens with one attached hydrogen (secondary N) is 2. The summed E-state index contributed by atoms with van der Waals surface area (Å²) in [5, 5.41) is 32.6. The molecule has 15 nitrogen and oxygen atoms in total. The van der Waals surface area contributed by atoms with E-state index in [4.69, 9.17) is 14.8 Å². The zero-order chi connectivity index (χ0) is 50.3. The fraction of sp³-hybridized carbons (Fsp3) is 0.404. The fourth-order valence-electron chi connectivity index (χ4n) is 11.9. The first-order valence-electron chi connectivity index (χ1n) is 25.9. The van der Waals surface area contributed by atoms with E-state index in [1.54, 1.807) is 0 Å².